The molecule has 0 aromatic rings. The predicted octanol–water partition coefficient (Wildman–Crippen LogP) is 1.85. The average molecular weight is 313 g/mol. The Bertz CT molecular complexity index is 412. The van der Waals surface area contributed by atoms with Gasteiger partial charge in [0.15, 0.2) is 9.04 Å². The van der Waals surface area contributed by atoms with Crippen molar-refractivity contribution >= 4 is 15.0 Å². The molecule has 3 N–H and O–H groups in total. The molecular weight excluding hydrogens is 286 g/mol. The molecule has 6 heteroatoms. The molecule has 0 amide bonds. The van der Waals surface area contributed by atoms with Crippen LogP contribution in [-0.2, 0) is 9.32 Å². The number of aliphatic hydroxyl groups is 1. The van der Waals surface area contributed by atoms with E-state index < -0.39 is 26.7 Å². The lowest BCUT2D eigenvalue weighted by Gasteiger charge is -2.38. The van der Waals surface area contributed by atoms with Crippen molar-refractivity contribution in [3.05, 3.63) is 24.3 Å². The zero-order valence-corrected chi connectivity index (χ0v) is 14.6. The van der Waals surface area contributed by atoms with Crippen LogP contribution < -0.4 is 5.48 Å². The molecule has 0 aromatic carbocycles. The summed E-state index contributed by atoms with van der Waals surface area (Å²) in [6.45, 7) is 9.83. The van der Waals surface area contributed by atoms with E-state index in [0.717, 1.165) is 0 Å². The van der Waals surface area contributed by atoms with Gasteiger partial charge in [0.1, 0.15) is 11.6 Å². The molecule has 1 unspecified atom stereocenters. The summed E-state index contributed by atoms with van der Waals surface area (Å²) in [6, 6.07) is -0.750. The third-order valence-electron chi connectivity index (χ3n) is 3.65. The van der Waals surface area contributed by atoms with Gasteiger partial charge in [-0.3, -0.25) is 4.79 Å². The first-order valence-corrected chi connectivity index (χ1v) is 10.1. The highest BCUT2D eigenvalue weighted by molar-refractivity contribution is 6.48. The number of carboxylic acid groups (broad SMARTS) is 1. The van der Waals surface area contributed by atoms with Crippen molar-refractivity contribution in [1.82, 2.24) is 5.48 Å². The Morgan fingerprint density at radius 2 is 1.90 bits per heavy atom. The number of rotatable bonds is 6. The number of hydrogen-bond acceptors (Lipinski definition) is 4. The summed E-state index contributed by atoms with van der Waals surface area (Å²) in [5.74, 6) is -0.957. The average Bonchev–Trinajstić information content (AvgIpc) is 2.34. The van der Waals surface area contributed by atoms with E-state index in [-0.39, 0.29) is 11.3 Å². The normalized spacial score (nSPS) is 27.1. The van der Waals surface area contributed by atoms with Crippen LogP contribution in [0.15, 0.2) is 24.3 Å². The van der Waals surface area contributed by atoms with Crippen LogP contribution in [0.5, 0.6) is 0 Å². The molecule has 120 valence electrons. The fourth-order valence-electron chi connectivity index (χ4n) is 2.01. The summed E-state index contributed by atoms with van der Waals surface area (Å²) in [5, 5.41) is 19.7. The molecule has 0 saturated heterocycles. The summed E-state index contributed by atoms with van der Waals surface area (Å²) in [5.41, 5.74) is 1.36. The first-order valence-electron chi connectivity index (χ1n) is 7.30. The minimum absolute atomic E-state index is 0.0290. The second-order valence-corrected chi connectivity index (χ2v) is 9.20. The van der Waals surface area contributed by atoms with Crippen molar-refractivity contribution in [2.24, 2.45) is 11.3 Å². The zero-order chi connectivity index (χ0) is 16.3. The van der Waals surface area contributed by atoms with Crippen LogP contribution in [-0.4, -0.2) is 36.9 Å². The van der Waals surface area contributed by atoms with Crippen molar-refractivity contribution in [2.75, 3.05) is 0 Å². The molecule has 1 atom stereocenters. The molecule has 1 aliphatic rings. The van der Waals surface area contributed by atoms with Gasteiger partial charge >= 0.3 is 5.97 Å². The Kier molecular flexibility index (Phi) is 5.92. The van der Waals surface area contributed by atoms with E-state index >= 15 is 0 Å². The Labute approximate surface area is 128 Å². The molecule has 21 heavy (non-hydrogen) atoms. The van der Waals surface area contributed by atoms with Gasteiger partial charge in [-0.15, -0.1) is 0 Å². The van der Waals surface area contributed by atoms with Gasteiger partial charge in [-0.1, -0.05) is 45.1 Å². The summed E-state index contributed by atoms with van der Waals surface area (Å²) in [7, 11) is -1.32. The number of carboxylic acids is 1. The SMILES string of the molecule is C[SiH](C)ONC(CC1C=CC(O)(C(C)(C)C)C=C1)C(=O)O. The summed E-state index contributed by atoms with van der Waals surface area (Å²) < 4.78 is 5.31. The number of carbonyl (C=O) groups is 1. The molecule has 0 spiro atoms. The first-order chi connectivity index (χ1) is 9.55. The number of allylic oxidation sites excluding steroid dienone is 2. The third kappa shape index (κ3) is 5.07. The summed E-state index contributed by atoms with van der Waals surface area (Å²) in [6.07, 6.45) is 7.65. The van der Waals surface area contributed by atoms with Gasteiger partial charge in [0.25, 0.3) is 0 Å². The van der Waals surface area contributed by atoms with Crippen LogP contribution in [0.2, 0.25) is 13.1 Å². The first kappa shape index (κ1) is 18.1. The number of aliphatic carboxylic acids is 1. The van der Waals surface area contributed by atoms with Crippen molar-refractivity contribution in [1.29, 1.82) is 0 Å². The molecular formula is C15H27NO4Si. The van der Waals surface area contributed by atoms with Crippen molar-refractivity contribution in [3.63, 3.8) is 0 Å². The molecule has 0 aliphatic heterocycles. The fourth-order valence-corrected chi connectivity index (χ4v) is 2.44. The molecule has 1 aliphatic carbocycles. The van der Waals surface area contributed by atoms with Crippen LogP contribution >= 0.6 is 0 Å². The van der Waals surface area contributed by atoms with Crippen LogP contribution in [0.4, 0.5) is 0 Å². The highest BCUT2D eigenvalue weighted by Gasteiger charge is 2.37. The molecule has 1 rings (SSSR count). The lowest BCUT2D eigenvalue weighted by Crippen LogP contribution is -2.42. The number of hydrogen-bond donors (Lipinski definition) is 3. The smallest absolute Gasteiger partial charge is 0.323 e. The second kappa shape index (κ2) is 6.87. The maximum absolute atomic E-state index is 11.2. The van der Waals surface area contributed by atoms with E-state index in [9.17, 15) is 15.0 Å². The Morgan fingerprint density at radius 1 is 1.38 bits per heavy atom. The third-order valence-corrected chi connectivity index (χ3v) is 4.26. The standard InChI is InChI=1S/C15H27NO4Si/c1-14(2,3)15(19)8-6-11(7-9-15)10-12(13(17)18)16-20-21(4)5/h6-9,11-12,16,19,21H,10H2,1-5H3,(H,17,18). The minimum Gasteiger partial charge on any atom is -0.480 e. The van der Waals surface area contributed by atoms with Gasteiger partial charge < -0.3 is 14.7 Å². The highest BCUT2D eigenvalue weighted by Crippen LogP contribution is 2.36. The van der Waals surface area contributed by atoms with E-state index in [1.165, 1.54) is 0 Å². The maximum atomic E-state index is 11.2. The maximum Gasteiger partial charge on any atom is 0.323 e. The van der Waals surface area contributed by atoms with Gasteiger partial charge in [-0.2, -0.15) is 0 Å². The summed E-state index contributed by atoms with van der Waals surface area (Å²) in [4.78, 5) is 11.2. The van der Waals surface area contributed by atoms with Crippen molar-refractivity contribution in [2.45, 2.75) is 51.9 Å². The van der Waals surface area contributed by atoms with Crippen LogP contribution in [0.1, 0.15) is 27.2 Å². The number of hydroxylamine groups is 1. The fraction of sp³-hybridized carbons (Fsp3) is 0.667. The summed E-state index contributed by atoms with van der Waals surface area (Å²) >= 11 is 0. The van der Waals surface area contributed by atoms with Gasteiger partial charge in [0.2, 0.25) is 0 Å². The lowest BCUT2D eigenvalue weighted by molar-refractivity contribution is -0.142. The molecule has 0 bridgehead atoms. The largest absolute Gasteiger partial charge is 0.480 e. The highest BCUT2D eigenvalue weighted by atomic mass is 28.3. The van der Waals surface area contributed by atoms with Crippen LogP contribution in [0, 0.1) is 11.3 Å². The van der Waals surface area contributed by atoms with Gasteiger partial charge in [0, 0.05) is 0 Å². The van der Waals surface area contributed by atoms with Gasteiger partial charge in [0.05, 0.1) is 0 Å². The lowest BCUT2D eigenvalue weighted by atomic mass is 9.73. The second-order valence-electron chi connectivity index (χ2n) is 6.87. The van der Waals surface area contributed by atoms with Gasteiger partial charge in [-0.05, 0) is 30.8 Å². The zero-order valence-electron chi connectivity index (χ0n) is 13.5. The van der Waals surface area contributed by atoms with E-state index in [1.54, 1.807) is 12.2 Å². The Morgan fingerprint density at radius 3 is 2.29 bits per heavy atom. The Hall–Kier alpha value is -0.953. The minimum atomic E-state index is -1.32. The van der Waals surface area contributed by atoms with Crippen molar-refractivity contribution in [3.8, 4) is 0 Å². The Balaban J connectivity index is 2.67. The monoisotopic (exact) mass is 313 g/mol. The van der Waals surface area contributed by atoms with Crippen LogP contribution in [0.25, 0.3) is 0 Å². The molecule has 0 saturated carbocycles. The molecule has 0 heterocycles. The van der Waals surface area contributed by atoms with E-state index in [2.05, 4.69) is 5.48 Å². The van der Waals surface area contributed by atoms with Crippen LogP contribution in [0.3, 0.4) is 0 Å². The predicted molar refractivity (Wildman–Crippen MR) is 85.3 cm³/mol. The van der Waals surface area contributed by atoms with Crippen molar-refractivity contribution < 1.29 is 19.5 Å². The number of nitrogens with one attached hydrogen (secondary N) is 1. The molecule has 0 aromatic heterocycles. The van der Waals surface area contributed by atoms with E-state index in [0.29, 0.717) is 6.42 Å². The molecule has 5 nitrogen and oxygen atoms in total. The molecule has 0 radical (unpaired) electrons. The quantitative estimate of drug-likeness (QED) is 0.396. The van der Waals surface area contributed by atoms with E-state index in [1.807, 2.05) is 46.0 Å². The van der Waals surface area contributed by atoms with Gasteiger partial charge in [-0.25, -0.2) is 5.48 Å². The van der Waals surface area contributed by atoms with E-state index in [4.69, 9.17) is 4.53 Å². The molecule has 0 fully saturated rings. The topological polar surface area (TPSA) is 78.8 Å².